The summed E-state index contributed by atoms with van der Waals surface area (Å²) >= 11 is 0. The zero-order valence-corrected chi connectivity index (χ0v) is 13.7. The van der Waals surface area contributed by atoms with Crippen LogP contribution in [0.15, 0.2) is 103 Å². The minimum atomic E-state index is 0.454. The Hall–Kier alpha value is -3.32. The summed E-state index contributed by atoms with van der Waals surface area (Å²) in [5, 5.41) is 0. The quantitative estimate of drug-likeness (QED) is 0.442. The van der Waals surface area contributed by atoms with Crippen molar-refractivity contribution < 1.29 is 4.11 Å². The summed E-state index contributed by atoms with van der Waals surface area (Å²) in [7, 11) is 0. The van der Waals surface area contributed by atoms with Gasteiger partial charge in [-0.2, -0.15) is 0 Å². The van der Waals surface area contributed by atoms with Crippen molar-refractivity contribution in [1.82, 2.24) is 0 Å². The average molecular weight is 324 g/mol. The summed E-state index contributed by atoms with van der Waals surface area (Å²) in [5.74, 6) is 0. The number of hydrogen-bond donors (Lipinski definition) is 1. The Morgan fingerprint density at radius 1 is 0.520 bits per heavy atom. The van der Waals surface area contributed by atoms with Gasteiger partial charge in [-0.25, -0.2) is 0 Å². The van der Waals surface area contributed by atoms with E-state index >= 15 is 0 Å². The fourth-order valence-corrected chi connectivity index (χ4v) is 3.01. The standard InChI is InChI=1S/C24H19N/c25-24-22(19-12-6-2-7-13-19)16-21(18-10-4-1-5-11-18)17-23(24)20-14-8-3-9-15-20/h1-17H,25H2/i1D,2D,3D. The zero-order chi connectivity index (χ0) is 19.7. The molecule has 0 spiro atoms. The second-order valence-corrected chi connectivity index (χ2v) is 5.85. The van der Waals surface area contributed by atoms with Crippen LogP contribution >= 0.6 is 0 Å². The number of anilines is 1. The van der Waals surface area contributed by atoms with Crippen molar-refractivity contribution in [2.24, 2.45) is 0 Å². The summed E-state index contributed by atoms with van der Waals surface area (Å²) in [6, 6.07) is 27.5. The third-order valence-corrected chi connectivity index (χ3v) is 4.29. The van der Waals surface area contributed by atoms with Gasteiger partial charge in [-0.3, -0.25) is 0 Å². The van der Waals surface area contributed by atoms with Gasteiger partial charge in [0.2, 0.25) is 0 Å². The van der Waals surface area contributed by atoms with Gasteiger partial charge in [-0.1, -0.05) is 90.9 Å². The zero-order valence-electron chi connectivity index (χ0n) is 16.7. The van der Waals surface area contributed by atoms with Crippen LogP contribution < -0.4 is 5.73 Å². The lowest BCUT2D eigenvalue weighted by atomic mass is 9.91. The smallest absolute Gasteiger partial charge is 0.0623 e. The van der Waals surface area contributed by atoms with Crippen LogP contribution in [-0.4, -0.2) is 0 Å². The minimum Gasteiger partial charge on any atom is -0.398 e. The highest BCUT2D eigenvalue weighted by Crippen LogP contribution is 2.38. The Morgan fingerprint density at radius 3 is 1.28 bits per heavy atom. The Bertz CT molecular complexity index is 1050. The molecule has 4 aromatic rings. The molecule has 0 aliphatic heterocycles. The molecular formula is C24H19N. The Labute approximate surface area is 152 Å². The molecule has 1 nitrogen and oxygen atoms in total. The van der Waals surface area contributed by atoms with Crippen molar-refractivity contribution in [2.45, 2.75) is 0 Å². The summed E-state index contributed by atoms with van der Waals surface area (Å²) in [5.41, 5.74) is 12.9. The van der Waals surface area contributed by atoms with Gasteiger partial charge < -0.3 is 5.73 Å². The van der Waals surface area contributed by atoms with E-state index in [9.17, 15) is 0 Å². The third kappa shape index (κ3) is 3.05. The van der Waals surface area contributed by atoms with Crippen LogP contribution in [0.2, 0.25) is 0 Å². The second kappa shape index (κ2) is 6.66. The maximum atomic E-state index is 7.73. The minimum absolute atomic E-state index is 0.454. The van der Waals surface area contributed by atoms with Crippen LogP contribution in [-0.2, 0) is 0 Å². The molecule has 0 saturated carbocycles. The summed E-state index contributed by atoms with van der Waals surface area (Å²) < 4.78 is 23.2. The Balaban J connectivity index is 1.95. The Kier molecular flexibility index (Phi) is 3.22. The molecule has 4 rings (SSSR count). The fraction of sp³-hybridized carbons (Fsp3) is 0. The largest absolute Gasteiger partial charge is 0.398 e. The van der Waals surface area contributed by atoms with E-state index < -0.39 is 0 Å². The molecule has 0 atom stereocenters. The lowest BCUT2D eigenvalue weighted by Gasteiger charge is -2.15. The Morgan fingerprint density at radius 2 is 0.880 bits per heavy atom. The maximum Gasteiger partial charge on any atom is 0.0623 e. The normalized spacial score (nSPS) is 12.2. The number of nitrogen functional groups attached to an aromatic ring is 1. The van der Waals surface area contributed by atoms with Crippen LogP contribution in [0.3, 0.4) is 0 Å². The van der Waals surface area contributed by atoms with E-state index in [1.807, 2.05) is 36.4 Å². The molecule has 0 aliphatic carbocycles. The molecule has 0 heterocycles. The SMILES string of the molecule is [2H]c1ccc(-c2cc(-c3ccc([2H])cc3)c(N)c(-c3ccc([2H])cc3)c2)cc1. The number of hydrogen-bond acceptors (Lipinski definition) is 1. The van der Waals surface area contributed by atoms with Crippen LogP contribution in [0, 0.1) is 0 Å². The maximum absolute atomic E-state index is 7.73. The van der Waals surface area contributed by atoms with Gasteiger partial charge in [0.05, 0.1) is 4.11 Å². The van der Waals surface area contributed by atoms with Gasteiger partial charge in [0.25, 0.3) is 0 Å². The lowest BCUT2D eigenvalue weighted by molar-refractivity contribution is 1.56. The van der Waals surface area contributed by atoms with E-state index in [1.165, 1.54) is 0 Å². The first-order valence-corrected chi connectivity index (χ1v) is 8.16. The number of benzene rings is 4. The summed E-state index contributed by atoms with van der Waals surface area (Å²) in [6.07, 6.45) is 0. The summed E-state index contributed by atoms with van der Waals surface area (Å²) in [4.78, 5) is 0. The average Bonchev–Trinajstić information content (AvgIpc) is 2.70. The highest BCUT2D eigenvalue weighted by Gasteiger charge is 2.12. The highest BCUT2D eigenvalue weighted by molar-refractivity contribution is 5.93. The van der Waals surface area contributed by atoms with Crippen molar-refractivity contribution in [3.63, 3.8) is 0 Å². The van der Waals surface area contributed by atoms with Gasteiger partial charge in [-0.05, 0) is 34.4 Å². The van der Waals surface area contributed by atoms with Gasteiger partial charge in [-0.15, -0.1) is 0 Å². The van der Waals surface area contributed by atoms with Crippen LogP contribution in [0.1, 0.15) is 4.11 Å². The number of rotatable bonds is 3. The van der Waals surface area contributed by atoms with Crippen LogP contribution in [0.4, 0.5) is 5.69 Å². The molecule has 0 saturated heterocycles. The van der Waals surface area contributed by atoms with E-state index in [1.54, 1.807) is 36.4 Å². The second-order valence-electron chi connectivity index (χ2n) is 5.85. The third-order valence-electron chi connectivity index (χ3n) is 4.29. The van der Waals surface area contributed by atoms with Crippen LogP contribution in [0.5, 0.6) is 0 Å². The first kappa shape index (κ1) is 12.1. The summed E-state index contributed by atoms with van der Waals surface area (Å²) in [6.45, 7) is 0. The molecule has 4 aromatic carbocycles. The predicted octanol–water partition coefficient (Wildman–Crippen LogP) is 6.27. The highest BCUT2D eigenvalue weighted by atomic mass is 14.6. The molecule has 120 valence electrons. The molecule has 25 heavy (non-hydrogen) atoms. The predicted molar refractivity (Wildman–Crippen MR) is 107 cm³/mol. The molecule has 0 aromatic heterocycles. The molecule has 0 unspecified atom stereocenters. The molecule has 0 radical (unpaired) electrons. The number of nitrogens with two attached hydrogens (primary N) is 1. The van der Waals surface area contributed by atoms with Crippen molar-refractivity contribution in [3.05, 3.63) is 103 Å². The van der Waals surface area contributed by atoms with E-state index in [0.717, 1.165) is 33.4 Å². The monoisotopic (exact) mass is 324 g/mol. The fourth-order valence-electron chi connectivity index (χ4n) is 3.01. The van der Waals surface area contributed by atoms with Crippen molar-refractivity contribution >= 4 is 5.69 Å². The molecule has 0 aliphatic rings. The molecule has 0 fully saturated rings. The lowest BCUT2D eigenvalue weighted by Crippen LogP contribution is -1.96. The molecule has 1 heteroatoms. The molecule has 0 amide bonds. The van der Waals surface area contributed by atoms with Crippen molar-refractivity contribution in [3.8, 4) is 33.4 Å². The van der Waals surface area contributed by atoms with Gasteiger partial charge >= 0.3 is 0 Å². The van der Waals surface area contributed by atoms with Crippen LogP contribution in [0.25, 0.3) is 33.4 Å². The molecular weight excluding hydrogens is 302 g/mol. The first-order valence-electron chi connectivity index (χ1n) is 9.66. The first-order chi connectivity index (χ1) is 13.5. The van der Waals surface area contributed by atoms with Gasteiger partial charge in [0, 0.05) is 16.8 Å². The van der Waals surface area contributed by atoms with Crippen molar-refractivity contribution in [2.75, 3.05) is 5.73 Å². The van der Waals surface area contributed by atoms with Gasteiger partial charge in [0.1, 0.15) is 0 Å². The molecule has 2 N–H and O–H groups in total. The van der Waals surface area contributed by atoms with Gasteiger partial charge in [0.15, 0.2) is 0 Å². The van der Waals surface area contributed by atoms with E-state index in [4.69, 9.17) is 9.85 Å². The van der Waals surface area contributed by atoms with E-state index in [0.29, 0.717) is 23.8 Å². The van der Waals surface area contributed by atoms with Crippen molar-refractivity contribution in [1.29, 1.82) is 0 Å². The topological polar surface area (TPSA) is 26.0 Å². The van der Waals surface area contributed by atoms with E-state index in [-0.39, 0.29) is 0 Å². The van der Waals surface area contributed by atoms with E-state index in [2.05, 4.69) is 12.1 Å². The molecule has 0 bridgehead atoms.